The predicted molar refractivity (Wildman–Crippen MR) is 90.4 cm³/mol. The van der Waals surface area contributed by atoms with Crippen LogP contribution in [0.4, 0.5) is 0 Å². The molecule has 7 heteroatoms. The lowest BCUT2D eigenvalue weighted by Crippen LogP contribution is -2.32. The number of hydrogen-bond acceptors (Lipinski definition) is 4. The fraction of sp³-hybridized carbons (Fsp3) is 0.333. The van der Waals surface area contributed by atoms with Crippen LogP contribution in [0.2, 0.25) is 10.0 Å². The molecular weight excluding hydrogens is 341 g/mol. The molecule has 0 radical (unpaired) electrons. The van der Waals surface area contributed by atoms with Gasteiger partial charge in [-0.2, -0.15) is 0 Å². The van der Waals surface area contributed by atoms with Crippen LogP contribution in [0.3, 0.4) is 0 Å². The number of nitrogens with zero attached hydrogens (tertiary/aromatic N) is 2. The molecule has 2 heterocycles. The van der Waals surface area contributed by atoms with Crippen molar-refractivity contribution in [3.63, 3.8) is 0 Å². The van der Waals surface area contributed by atoms with Gasteiger partial charge in [0.15, 0.2) is 0 Å². The average Bonchev–Trinajstić information content (AvgIpc) is 3.08. The van der Waals surface area contributed by atoms with Gasteiger partial charge in [0.2, 0.25) is 5.91 Å². The molecule has 0 saturated carbocycles. The van der Waals surface area contributed by atoms with Crippen LogP contribution < -0.4 is 5.73 Å². The number of rotatable bonds is 3. The fourth-order valence-electron chi connectivity index (χ4n) is 2.46. The van der Waals surface area contributed by atoms with Crippen LogP contribution >= 0.6 is 34.5 Å². The van der Waals surface area contributed by atoms with Crippen LogP contribution in [-0.2, 0) is 11.2 Å². The highest BCUT2D eigenvalue weighted by Crippen LogP contribution is 2.32. The van der Waals surface area contributed by atoms with Crippen molar-refractivity contribution >= 4 is 40.4 Å². The molecule has 22 heavy (non-hydrogen) atoms. The van der Waals surface area contributed by atoms with E-state index in [9.17, 15) is 4.79 Å². The molecule has 0 aliphatic carbocycles. The molecular formula is C15H15Cl2N3OS. The fourth-order valence-corrected chi connectivity index (χ4v) is 3.87. The Kier molecular flexibility index (Phi) is 4.68. The van der Waals surface area contributed by atoms with Crippen molar-refractivity contribution in [1.82, 2.24) is 9.88 Å². The number of aromatic nitrogens is 1. The van der Waals surface area contributed by atoms with Gasteiger partial charge < -0.3 is 10.6 Å². The Morgan fingerprint density at radius 3 is 2.95 bits per heavy atom. The highest BCUT2D eigenvalue weighted by molar-refractivity contribution is 7.13. The Labute approximate surface area is 142 Å². The average molecular weight is 356 g/mol. The van der Waals surface area contributed by atoms with Gasteiger partial charge in [-0.1, -0.05) is 23.2 Å². The molecule has 1 aliphatic heterocycles. The van der Waals surface area contributed by atoms with E-state index in [0.29, 0.717) is 23.0 Å². The Morgan fingerprint density at radius 1 is 1.45 bits per heavy atom. The maximum atomic E-state index is 12.2. The summed E-state index contributed by atoms with van der Waals surface area (Å²) >= 11 is 13.6. The van der Waals surface area contributed by atoms with E-state index in [4.69, 9.17) is 28.9 Å². The molecule has 2 N–H and O–H groups in total. The lowest BCUT2D eigenvalue weighted by molar-refractivity contribution is -0.129. The summed E-state index contributed by atoms with van der Waals surface area (Å²) < 4.78 is 0. The number of likely N-dealkylation sites (tertiary alicyclic amines) is 1. The van der Waals surface area contributed by atoms with Crippen molar-refractivity contribution in [3.05, 3.63) is 39.3 Å². The zero-order chi connectivity index (χ0) is 15.7. The SMILES string of the molecule is NC1CCN(C(=O)Cc2csc(-c3ccc(Cl)cc3Cl)n2)C1. The van der Waals surface area contributed by atoms with Crippen molar-refractivity contribution in [2.24, 2.45) is 5.73 Å². The summed E-state index contributed by atoms with van der Waals surface area (Å²) in [5.41, 5.74) is 7.42. The monoisotopic (exact) mass is 355 g/mol. The largest absolute Gasteiger partial charge is 0.341 e. The molecule has 2 aromatic rings. The number of thiazole rings is 1. The number of amides is 1. The molecule has 1 unspecified atom stereocenters. The lowest BCUT2D eigenvalue weighted by atomic mass is 10.2. The molecule has 1 saturated heterocycles. The van der Waals surface area contributed by atoms with Crippen molar-refractivity contribution in [1.29, 1.82) is 0 Å². The molecule has 4 nitrogen and oxygen atoms in total. The van der Waals surface area contributed by atoms with Crippen LogP contribution in [0, 0.1) is 0 Å². The molecule has 1 aliphatic rings. The number of carbonyl (C=O) groups is 1. The van der Waals surface area contributed by atoms with Gasteiger partial charge in [-0.25, -0.2) is 4.98 Å². The van der Waals surface area contributed by atoms with Crippen molar-refractivity contribution < 1.29 is 4.79 Å². The summed E-state index contributed by atoms with van der Waals surface area (Å²) in [5, 5.41) is 3.84. The van der Waals surface area contributed by atoms with E-state index in [1.807, 2.05) is 11.4 Å². The van der Waals surface area contributed by atoms with E-state index in [1.54, 1.807) is 17.0 Å². The first-order valence-electron chi connectivity index (χ1n) is 6.96. The summed E-state index contributed by atoms with van der Waals surface area (Å²) in [4.78, 5) is 18.5. The van der Waals surface area contributed by atoms with Gasteiger partial charge in [0.05, 0.1) is 17.1 Å². The van der Waals surface area contributed by atoms with Crippen molar-refractivity contribution in [2.45, 2.75) is 18.9 Å². The maximum absolute atomic E-state index is 12.2. The standard InChI is InChI=1S/C15H15Cl2N3OS/c16-9-1-2-12(13(17)5-9)15-19-11(8-22-15)6-14(21)20-4-3-10(18)7-20/h1-2,5,8,10H,3-4,6-7,18H2. The zero-order valence-electron chi connectivity index (χ0n) is 11.8. The molecule has 1 aromatic carbocycles. The second-order valence-corrected chi connectivity index (χ2v) is 7.04. The van der Waals surface area contributed by atoms with Crippen LogP contribution in [0.5, 0.6) is 0 Å². The van der Waals surface area contributed by atoms with Gasteiger partial charge in [-0.05, 0) is 24.6 Å². The summed E-state index contributed by atoms with van der Waals surface area (Å²) in [6, 6.07) is 5.41. The third-order valence-electron chi connectivity index (χ3n) is 3.62. The summed E-state index contributed by atoms with van der Waals surface area (Å²) in [5.74, 6) is 0.0759. The number of hydrogen-bond donors (Lipinski definition) is 1. The Balaban J connectivity index is 1.72. The van der Waals surface area contributed by atoms with E-state index in [1.165, 1.54) is 11.3 Å². The van der Waals surface area contributed by atoms with E-state index in [2.05, 4.69) is 4.98 Å². The number of halogens is 2. The molecule has 1 fully saturated rings. The van der Waals surface area contributed by atoms with E-state index < -0.39 is 0 Å². The minimum Gasteiger partial charge on any atom is -0.341 e. The molecule has 1 atom stereocenters. The maximum Gasteiger partial charge on any atom is 0.228 e. The van der Waals surface area contributed by atoms with Crippen LogP contribution in [0.25, 0.3) is 10.6 Å². The smallest absolute Gasteiger partial charge is 0.228 e. The minimum absolute atomic E-state index is 0.0759. The summed E-state index contributed by atoms with van der Waals surface area (Å²) in [6.07, 6.45) is 1.17. The first kappa shape index (κ1) is 15.7. The highest BCUT2D eigenvalue weighted by Gasteiger charge is 2.24. The van der Waals surface area contributed by atoms with Crippen LogP contribution in [0.15, 0.2) is 23.6 Å². The van der Waals surface area contributed by atoms with Crippen molar-refractivity contribution in [3.8, 4) is 10.6 Å². The predicted octanol–water partition coefficient (Wildman–Crippen LogP) is 3.22. The Morgan fingerprint density at radius 2 is 2.27 bits per heavy atom. The molecule has 0 spiro atoms. The minimum atomic E-state index is 0.0759. The number of benzene rings is 1. The third kappa shape index (κ3) is 3.43. The number of carbonyl (C=O) groups excluding carboxylic acids is 1. The van der Waals surface area contributed by atoms with Crippen molar-refractivity contribution in [2.75, 3.05) is 13.1 Å². The lowest BCUT2D eigenvalue weighted by Gasteiger charge is -2.14. The summed E-state index contributed by atoms with van der Waals surface area (Å²) in [7, 11) is 0. The van der Waals surface area contributed by atoms with Gasteiger partial charge in [0.1, 0.15) is 5.01 Å². The Hall–Kier alpha value is -1.14. The third-order valence-corrected chi connectivity index (χ3v) is 5.10. The highest BCUT2D eigenvalue weighted by atomic mass is 35.5. The normalized spacial score (nSPS) is 18.0. The van der Waals surface area contributed by atoms with Gasteiger partial charge in [0, 0.05) is 35.1 Å². The van der Waals surface area contributed by atoms with Crippen LogP contribution in [-0.4, -0.2) is 34.9 Å². The number of nitrogens with two attached hydrogens (primary N) is 1. The first-order chi connectivity index (χ1) is 10.5. The second kappa shape index (κ2) is 6.54. The molecule has 3 rings (SSSR count). The van der Waals surface area contributed by atoms with E-state index in [0.717, 1.165) is 29.2 Å². The first-order valence-corrected chi connectivity index (χ1v) is 8.59. The van der Waals surface area contributed by atoms with Gasteiger partial charge in [-0.15, -0.1) is 11.3 Å². The molecule has 1 aromatic heterocycles. The second-order valence-electron chi connectivity index (χ2n) is 5.33. The molecule has 116 valence electrons. The van der Waals surface area contributed by atoms with E-state index >= 15 is 0 Å². The Bertz CT molecular complexity index is 704. The van der Waals surface area contributed by atoms with Gasteiger partial charge in [-0.3, -0.25) is 4.79 Å². The van der Waals surface area contributed by atoms with Gasteiger partial charge >= 0.3 is 0 Å². The van der Waals surface area contributed by atoms with Crippen LogP contribution in [0.1, 0.15) is 12.1 Å². The zero-order valence-corrected chi connectivity index (χ0v) is 14.1. The summed E-state index contributed by atoms with van der Waals surface area (Å²) in [6.45, 7) is 1.37. The molecule has 1 amide bonds. The van der Waals surface area contributed by atoms with Gasteiger partial charge in [0.25, 0.3) is 0 Å². The quantitative estimate of drug-likeness (QED) is 0.919. The topological polar surface area (TPSA) is 59.2 Å². The molecule has 0 bridgehead atoms. The van der Waals surface area contributed by atoms with E-state index in [-0.39, 0.29) is 11.9 Å².